The van der Waals surface area contributed by atoms with E-state index < -0.39 is 6.04 Å². The van der Waals surface area contributed by atoms with E-state index in [0.717, 1.165) is 5.56 Å². The number of nitrogens with zero attached hydrogens (tertiary/aromatic N) is 1. The fourth-order valence-electron chi connectivity index (χ4n) is 1.82. The molecule has 124 valence electrons. The molecule has 1 unspecified atom stereocenters. The largest absolute Gasteiger partial charge is 0.508 e. The Morgan fingerprint density at radius 2 is 1.91 bits per heavy atom. The van der Waals surface area contributed by atoms with Gasteiger partial charge in [-0.15, -0.1) is 12.4 Å². The highest BCUT2D eigenvalue weighted by atomic mass is 35.5. The molecule has 0 saturated carbocycles. The Labute approximate surface area is 136 Å². The maximum atomic E-state index is 12.0. The highest BCUT2D eigenvalue weighted by molar-refractivity contribution is 5.85. The maximum absolute atomic E-state index is 12.0. The monoisotopic (exact) mass is 329 g/mol. The molecule has 0 saturated heterocycles. The highest BCUT2D eigenvalue weighted by Crippen LogP contribution is 2.16. The molecule has 0 aromatic heterocycles. The average molecular weight is 330 g/mol. The molecule has 0 heterocycles. The summed E-state index contributed by atoms with van der Waals surface area (Å²) in [5.74, 6) is 0.00274. The smallest absolute Gasteiger partial charge is 0.237 e. The van der Waals surface area contributed by atoms with Crippen molar-refractivity contribution in [3.63, 3.8) is 0 Å². The molecule has 22 heavy (non-hydrogen) atoms. The van der Waals surface area contributed by atoms with Gasteiger partial charge in [0.1, 0.15) is 5.75 Å². The third kappa shape index (κ3) is 7.14. The van der Waals surface area contributed by atoms with E-state index in [9.17, 15) is 9.90 Å². The molecule has 0 aliphatic carbocycles. The molecule has 8 N–H and O–H groups in total. The number of guanidine groups is 1. The SMILES string of the molecule is CC(NC(=O)[C@H](N)CCCN=C(N)N)c1ccc(O)cc1.Cl. The van der Waals surface area contributed by atoms with Crippen molar-refractivity contribution in [1.82, 2.24) is 5.32 Å². The first kappa shape index (κ1) is 20.0. The lowest BCUT2D eigenvalue weighted by Gasteiger charge is -2.17. The van der Waals surface area contributed by atoms with E-state index in [2.05, 4.69) is 10.3 Å². The third-order valence-electron chi connectivity index (χ3n) is 3.06. The first-order valence-corrected chi connectivity index (χ1v) is 6.80. The quantitative estimate of drug-likeness (QED) is 0.279. The van der Waals surface area contributed by atoms with Gasteiger partial charge in [-0.2, -0.15) is 0 Å². The highest BCUT2D eigenvalue weighted by Gasteiger charge is 2.16. The molecule has 0 spiro atoms. The zero-order valence-corrected chi connectivity index (χ0v) is 13.3. The Balaban J connectivity index is 0.00000441. The lowest BCUT2D eigenvalue weighted by Crippen LogP contribution is -2.41. The number of nitrogens with two attached hydrogens (primary N) is 3. The zero-order chi connectivity index (χ0) is 15.8. The second-order valence-electron chi connectivity index (χ2n) is 4.88. The third-order valence-corrected chi connectivity index (χ3v) is 3.06. The minimum absolute atomic E-state index is 0. The topological polar surface area (TPSA) is 140 Å². The summed E-state index contributed by atoms with van der Waals surface area (Å²) < 4.78 is 0. The number of halogens is 1. The van der Waals surface area contributed by atoms with Crippen molar-refractivity contribution in [1.29, 1.82) is 0 Å². The van der Waals surface area contributed by atoms with Crippen LogP contribution in [0.3, 0.4) is 0 Å². The van der Waals surface area contributed by atoms with Crippen LogP contribution in [0.5, 0.6) is 5.75 Å². The van der Waals surface area contributed by atoms with Crippen LogP contribution in [0.25, 0.3) is 0 Å². The number of aliphatic imine (C=N–C) groups is 1. The van der Waals surface area contributed by atoms with Crippen molar-refractivity contribution >= 4 is 24.3 Å². The summed E-state index contributed by atoms with van der Waals surface area (Å²) in [5.41, 5.74) is 17.1. The lowest BCUT2D eigenvalue weighted by atomic mass is 10.1. The summed E-state index contributed by atoms with van der Waals surface area (Å²) in [4.78, 5) is 15.8. The normalized spacial score (nSPS) is 12.6. The Kier molecular flexibility index (Phi) is 8.97. The fourth-order valence-corrected chi connectivity index (χ4v) is 1.82. The van der Waals surface area contributed by atoms with Gasteiger partial charge in [0.15, 0.2) is 5.96 Å². The number of carbonyl (C=O) groups excluding carboxylic acids is 1. The van der Waals surface area contributed by atoms with Crippen LogP contribution in [0.1, 0.15) is 31.4 Å². The molecule has 0 fully saturated rings. The summed E-state index contributed by atoms with van der Waals surface area (Å²) in [6, 6.07) is 5.88. The summed E-state index contributed by atoms with van der Waals surface area (Å²) in [6.07, 6.45) is 1.14. The molecule has 1 amide bonds. The van der Waals surface area contributed by atoms with E-state index >= 15 is 0 Å². The molecular weight excluding hydrogens is 306 g/mol. The van der Waals surface area contributed by atoms with Crippen LogP contribution >= 0.6 is 12.4 Å². The minimum atomic E-state index is -0.598. The number of amides is 1. The van der Waals surface area contributed by atoms with Crippen LogP contribution in [0, 0.1) is 0 Å². The van der Waals surface area contributed by atoms with Crippen LogP contribution in [-0.2, 0) is 4.79 Å². The summed E-state index contributed by atoms with van der Waals surface area (Å²) >= 11 is 0. The van der Waals surface area contributed by atoms with Crippen LogP contribution in [-0.4, -0.2) is 29.6 Å². The second-order valence-corrected chi connectivity index (χ2v) is 4.88. The van der Waals surface area contributed by atoms with E-state index in [4.69, 9.17) is 17.2 Å². The molecule has 0 aliphatic rings. The van der Waals surface area contributed by atoms with Gasteiger partial charge in [-0.1, -0.05) is 12.1 Å². The predicted octanol–water partition coefficient (Wildman–Crippen LogP) is 0.372. The number of nitrogens with one attached hydrogen (secondary N) is 1. The van der Waals surface area contributed by atoms with Crippen molar-refractivity contribution < 1.29 is 9.90 Å². The Morgan fingerprint density at radius 1 is 1.32 bits per heavy atom. The Bertz CT molecular complexity index is 489. The van der Waals surface area contributed by atoms with Crippen LogP contribution < -0.4 is 22.5 Å². The molecule has 0 bridgehead atoms. The first-order chi connectivity index (χ1) is 9.90. The first-order valence-electron chi connectivity index (χ1n) is 6.80. The molecule has 0 radical (unpaired) electrons. The number of hydrogen-bond acceptors (Lipinski definition) is 4. The summed E-state index contributed by atoms with van der Waals surface area (Å²) in [7, 11) is 0. The molecule has 8 heteroatoms. The van der Waals surface area contributed by atoms with Crippen molar-refractivity contribution in [3.05, 3.63) is 29.8 Å². The molecule has 7 nitrogen and oxygen atoms in total. The Morgan fingerprint density at radius 3 is 2.45 bits per heavy atom. The van der Waals surface area contributed by atoms with E-state index in [0.29, 0.717) is 19.4 Å². The minimum Gasteiger partial charge on any atom is -0.508 e. The van der Waals surface area contributed by atoms with Gasteiger partial charge in [0.25, 0.3) is 0 Å². The Hall–Kier alpha value is -1.99. The number of carbonyl (C=O) groups is 1. The summed E-state index contributed by atoms with van der Waals surface area (Å²) in [5, 5.41) is 12.1. The summed E-state index contributed by atoms with van der Waals surface area (Å²) in [6.45, 7) is 2.31. The van der Waals surface area contributed by atoms with Gasteiger partial charge in [0.05, 0.1) is 12.1 Å². The van der Waals surface area contributed by atoms with Crippen LogP contribution in [0.2, 0.25) is 0 Å². The molecule has 1 aromatic carbocycles. The van der Waals surface area contributed by atoms with Gasteiger partial charge >= 0.3 is 0 Å². The van der Waals surface area contributed by atoms with E-state index in [1.54, 1.807) is 24.3 Å². The van der Waals surface area contributed by atoms with E-state index in [1.807, 2.05) is 6.92 Å². The van der Waals surface area contributed by atoms with Crippen molar-refractivity contribution in [3.8, 4) is 5.75 Å². The van der Waals surface area contributed by atoms with Gasteiger partial charge in [0.2, 0.25) is 5.91 Å². The van der Waals surface area contributed by atoms with Gasteiger partial charge in [0, 0.05) is 6.54 Å². The standard InChI is InChI=1S/C14H23N5O2.ClH/c1-9(10-4-6-11(20)7-5-10)19-13(21)12(15)3-2-8-18-14(16)17;/h4-7,9,12,20H,2-3,8,15H2,1H3,(H,19,21)(H4,16,17,18);1H/t9?,12-;/m1./s1. The molecule has 1 aromatic rings. The molecule has 2 atom stereocenters. The van der Waals surface area contributed by atoms with E-state index in [-0.39, 0.29) is 36.1 Å². The average Bonchev–Trinajstić information content (AvgIpc) is 2.43. The predicted molar refractivity (Wildman–Crippen MR) is 89.8 cm³/mol. The van der Waals surface area contributed by atoms with Gasteiger partial charge in [-0.3, -0.25) is 9.79 Å². The zero-order valence-electron chi connectivity index (χ0n) is 12.5. The van der Waals surface area contributed by atoms with Crippen molar-refractivity contribution in [2.75, 3.05) is 6.54 Å². The van der Waals surface area contributed by atoms with Gasteiger partial charge in [-0.25, -0.2) is 0 Å². The van der Waals surface area contributed by atoms with Gasteiger partial charge < -0.3 is 27.6 Å². The number of rotatable bonds is 7. The van der Waals surface area contributed by atoms with E-state index in [1.165, 1.54) is 0 Å². The number of phenolic OH excluding ortho intramolecular Hbond substituents is 1. The number of benzene rings is 1. The van der Waals surface area contributed by atoms with Gasteiger partial charge in [-0.05, 0) is 37.5 Å². The molecule has 1 rings (SSSR count). The van der Waals surface area contributed by atoms with Crippen LogP contribution in [0.4, 0.5) is 0 Å². The maximum Gasteiger partial charge on any atom is 0.237 e. The van der Waals surface area contributed by atoms with Crippen LogP contribution in [0.15, 0.2) is 29.3 Å². The van der Waals surface area contributed by atoms with Crippen molar-refractivity contribution in [2.45, 2.75) is 31.8 Å². The molecule has 0 aliphatic heterocycles. The number of aromatic hydroxyl groups is 1. The molecular formula is C14H24ClN5O2. The lowest BCUT2D eigenvalue weighted by molar-refractivity contribution is -0.123. The number of hydrogen-bond donors (Lipinski definition) is 5. The second kappa shape index (κ2) is 9.86. The number of phenols is 1. The van der Waals surface area contributed by atoms with Crippen molar-refractivity contribution in [2.24, 2.45) is 22.2 Å². The fraction of sp³-hybridized carbons (Fsp3) is 0.429.